The summed E-state index contributed by atoms with van der Waals surface area (Å²) < 4.78 is 39.3. The van der Waals surface area contributed by atoms with Crippen LogP contribution < -0.4 is 16.8 Å². The van der Waals surface area contributed by atoms with Gasteiger partial charge in [0.15, 0.2) is 23.3 Å². The fourth-order valence-corrected chi connectivity index (χ4v) is 1.90. The summed E-state index contributed by atoms with van der Waals surface area (Å²) in [6.07, 6.45) is 0. The number of nitrogens with two attached hydrogens (primary N) is 2. The second kappa shape index (κ2) is 5.02. The predicted molar refractivity (Wildman–Crippen MR) is 75.8 cm³/mol. The second-order valence-corrected chi connectivity index (χ2v) is 4.41. The molecule has 22 heavy (non-hydrogen) atoms. The average molecular weight is 306 g/mol. The Bertz CT molecular complexity index is 860. The molecule has 0 aliphatic carbocycles. The quantitative estimate of drug-likeness (QED) is 0.628. The number of nitrogens with zero attached hydrogens (tertiary/aromatic N) is 3. The summed E-state index contributed by atoms with van der Waals surface area (Å²) in [6, 6.07) is 4.70. The molecule has 0 aliphatic rings. The van der Waals surface area contributed by atoms with Gasteiger partial charge in [0.05, 0.1) is 5.52 Å². The Morgan fingerprint density at radius 2 is 1.59 bits per heavy atom. The van der Waals surface area contributed by atoms with Crippen LogP contribution in [0.3, 0.4) is 0 Å². The molecule has 2 aromatic heterocycles. The number of nitrogens with one attached hydrogen (secondary N) is 1. The lowest BCUT2D eigenvalue weighted by Gasteiger charge is -2.08. The SMILES string of the molecule is Nc1nc(N)c2nc(Nc3cc(F)c(F)c(F)c3)ccc2n1. The molecule has 2 heterocycles. The zero-order valence-corrected chi connectivity index (χ0v) is 10.9. The van der Waals surface area contributed by atoms with Crippen LogP contribution in [-0.2, 0) is 0 Å². The van der Waals surface area contributed by atoms with E-state index in [-0.39, 0.29) is 28.8 Å². The Morgan fingerprint density at radius 3 is 2.27 bits per heavy atom. The molecule has 112 valence electrons. The van der Waals surface area contributed by atoms with Crippen molar-refractivity contribution in [3.05, 3.63) is 41.7 Å². The highest BCUT2D eigenvalue weighted by molar-refractivity contribution is 5.86. The van der Waals surface area contributed by atoms with E-state index in [4.69, 9.17) is 11.5 Å². The number of rotatable bonds is 2. The van der Waals surface area contributed by atoms with Gasteiger partial charge >= 0.3 is 0 Å². The third-order valence-corrected chi connectivity index (χ3v) is 2.84. The maximum Gasteiger partial charge on any atom is 0.222 e. The number of aromatic nitrogens is 3. The molecule has 3 aromatic rings. The third kappa shape index (κ3) is 2.43. The normalized spacial score (nSPS) is 10.9. The number of fused-ring (bicyclic) bond motifs is 1. The summed E-state index contributed by atoms with van der Waals surface area (Å²) in [7, 11) is 0. The number of nitrogen functional groups attached to an aromatic ring is 2. The molecule has 0 bridgehead atoms. The number of benzene rings is 1. The molecular weight excluding hydrogens is 297 g/mol. The van der Waals surface area contributed by atoms with Gasteiger partial charge in [0.25, 0.3) is 0 Å². The minimum Gasteiger partial charge on any atom is -0.382 e. The number of anilines is 4. The molecule has 1 aromatic carbocycles. The molecular formula is C13H9F3N6. The first-order valence-corrected chi connectivity index (χ1v) is 6.05. The molecule has 9 heteroatoms. The minimum atomic E-state index is -1.54. The third-order valence-electron chi connectivity index (χ3n) is 2.84. The molecule has 0 fully saturated rings. The van der Waals surface area contributed by atoms with E-state index in [1.165, 1.54) is 6.07 Å². The number of hydrogen-bond acceptors (Lipinski definition) is 6. The van der Waals surface area contributed by atoms with Crippen molar-refractivity contribution >= 4 is 34.3 Å². The van der Waals surface area contributed by atoms with Crippen molar-refractivity contribution in [2.24, 2.45) is 0 Å². The van der Waals surface area contributed by atoms with Crippen molar-refractivity contribution in [2.75, 3.05) is 16.8 Å². The molecule has 0 saturated carbocycles. The van der Waals surface area contributed by atoms with Gasteiger partial charge in [-0.2, -0.15) is 4.98 Å². The van der Waals surface area contributed by atoms with Gasteiger partial charge in [-0.1, -0.05) is 0 Å². The monoisotopic (exact) mass is 306 g/mol. The topological polar surface area (TPSA) is 103 Å². The van der Waals surface area contributed by atoms with Gasteiger partial charge in [-0.3, -0.25) is 0 Å². The Hall–Kier alpha value is -3.10. The van der Waals surface area contributed by atoms with Crippen LogP contribution in [0, 0.1) is 17.5 Å². The highest BCUT2D eigenvalue weighted by atomic mass is 19.2. The summed E-state index contributed by atoms with van der Waals surface area (Å²) in [5, 5.41) is 2.65. The summed E-state index contributed by atoms with van der Waals surface area (Å²) in [5.41, 5.74) is 11.9. The Labute approximate surface area is 122 Å². The largest absolute Gasteiger partial charge is 0.382 e. The maximum atomic E-state index is 13.2. The fraction of sp³-hybridized carbons (Fsp3) is 0. The second-order valence-electron chi connectivity index (χ2n) is 4.41. The number of halogens is 3. The van der Waals surface area contributed by atoms with Crippen molar-refractivity contribution in [2.45, 2.75) is 0 Å². The van der Waals surface area contributed by atoms with Gasteiger partial charge in [-0.05, 0) is 12.1 Å². The lowest BCUT2D eigenvalue weighted by atomic mass is 10.2. The zero-order valence-electron chi connectivity index (χ0n) is 10.9. The molecule has 0 amide bonds. The first kappa shape index (κ1) is 13.9. The molecule has 0 radical (unpaired) electrons. The zero-order chi connectivity index (χ0) is 15.9. The average Bonchev–Trinajstić information content (AvgIpc) is 2.45. The van der Waals surface area contributed by atoms with Crippen molar-refractivity contribution in [3.63, 3.8) is 0 Å². The van der Waals surface area contributed by atoms with E-state index >= 15 is 0 Å². The van der Waals surface area contributed by atoms with E-state index < -0.39 is 17.5 Å². The predicted octanol–water partition coefficient (Wildman–Crippen LogP) is 2.35. The Balaban J connectivity index is 2.01. The van der Waals surface area contributed by atoms with Crippen LogP contribution in [-0.4, -0.2) is 15.0 Å². The maximum absolute atomic E-state index is 13.2. The summed E-state index contributed by atoms with van der Waals surface area (Å²) in [6.45, 7) is 0. The van der Waals surface area contributed by atoms with Gasteiger partial charge in [0.2, 0.25) is 5.95 Å². The van der Waals surface area contributed by atoms with Gasteiger partial charge in [0.1, 0.15) is 11.3 Å². The Morgan fingerprint density at radius 1 is 0.909 bits per heavy atom. The fourth-order valence-electron chi connectivity index (χ4n) is 1.90. The van der Waals surface area contributed by atoms with Crippen LogP contribution >= 0.6 is 0 Å². The summed E-state index contributed by atoms with van der Waals surface area (Å²) in [5.74, 6) is -3.83. The smallest absolute Gasteiger partial charge is 0.222 e. The van der Waals surface area contributed by atoms with Gasteiger partial charge in [-0.25, -0.2) is 23.1 Å². The van der Waals surface area contributed by atoms with Crippen LogP contribution in [0.5, 0.6) is 0 Å². The van der Waals surface area contributed by atoms with Gasteiger partial charge in [0, 0.05) is 17.8 Å². The van der Waals surface area contributed by atoms with E-state index in [0.29, 0.717) is 5.52 Å². The van der Waals surface area contributed by atoms with E-state index in [1.807, 2.05) is 0 Å². The molecule has 0 spiro atoms. The molecule has 0 saturated heterocycles. The van der Waals surface area contributed by atoms with Gasteiger partial charge in [-0.15, -0.1) is 0 Å². The summed E-state index contributed by atoms with van der Waals surface area (Å²) >= 11 is 0. The highest BCUT2D eigenvalue weighted by Gasteiger charge is 2.11. The minimum absolute atomic E-state index is 0.00168. The van der Waals surface area contributed by atoms with Gasteiger partial charge < -0.3 is 16.8 Å². The molecule has 6 nitrogen and oxygen atoms in total. The lowest BCUT2D eigenvalue weighted by molar-refractivity contribution is 0.448. The van der Waals surface area contributed by atoms with Crippen LogP contribution in [0.4, 0.5) is 36.4 Å². The summed E-state index contributed by atoms with van der Waals surface area (Å²) in [4.78, 5) is 11.9. The highest BCUT2D eigenvalue weighted by Crippen LogP contribution is 2.23. The number of hydrogen-bond donors (Lipinski definition) is 3. The first-order chi connectivity index (χ1) is 10.4. The Kier molecular flexibility index (Phi) is 3.17. The first-order valence-electron chi connectivity index (χ1n) is 6.05. The lowest BCUT2D eigenvalue weighted by Crippen LogP contribution is -2.03. The van der Waals surface area contributed by atoms with Crippen LogP contribution in [0.1, 0.15) is 0 Å². The van der Waals surface area contributed by atoms with Crippen molar-refractivity contribution < 1.29 is 13.2 Å². The van der Waals surface area contributed by atoms with Crippen molar-refractivity contribution in [1.82, 2.24) is 15.0 Å². The molecule has 5 N–H and O–H groups in total. The molecule has 0 aliphatic heterocycles. The van der Waals surface area contributed by atoms with E-state index in [2.05, 4.69) is 20.3 Å². The van der Waals surface area contributed by atoms with Crippen LogP contribution in [0.2, 0.25) is 0 Å². The molecule has 3 rings (SSSR count). The molecule has 0 unspecified atom stereocenters. The van der Waals surface area contributed by atoms with Crippen LogP contribution in [0.25, 0.3) is 11.0 Å². The van der Waals surface area contributed by atoms with Crippen LogP contribution in [0.15, 0.2) is 24.3 Å². The number of pyridine rings is 1. The standard InChI is InChI=1S/C13H9F3N6/c14-6-3-5(4-7(15)10(6)16)19-9-2-1-8-11(21-9)12(17)22-13(18)20-8/h1-4H,(H,19,21)(H4,17,18,20,22). The molecule has 0 atom stereocenters. The van der Waals surface area contributed by atoms with Crippen molar-refractivity contribution in [3.8, 4) is 0 Å². The van der Waals surface area contributed by atoms with Crippen molar-refractivity contribution in [1.29, 1.82) is 0 Å². The van der Waals surface area contributed by atoms with E-state index in [1.54, 1.807) is 6.07 Å². The van der Waals surface area contributed by atoms with E-state index in [9.17, 15) is 13.2 Å². The van der Waals surface area contributed by atoms with E-state index in [0.717, 1.165) is 12.1 Å².